The SMILES string of the molecule is Cc1cc(Br)c(S(=O)(=O)NC2CCCC2C)cc1Br. The van der Waals surface area contributed by atoms with Gasteiger partial charge in [0.15, 0.2) is 0 Å². The van der Waals surface area contributed by atoms with E-state index in [1.165, 1.54) is 0 Å². The average molecular weight is 411 g/mol. The minimum atomic E-state index is -3.47. The van der Waals surface area contributed by atoms with Crippen LogP contribution in [0.3, 0.4) is 0 Å². The van der Waals surface area contributed by atoms with Crippen LogP contribution in [0.4, 0.5) is 0 Å². The van der Waals surface area contributed by atoms with E-state index in [9.17, 15) is 8.42 Å². The molecule has 1 aliphatic carbocycles. The largest absolute Gasteiger partial charge is 0.241 e. The van der Waals surface area contributed by atoms with Gasteiger partial charge < -0.3 is 0 Å². The number of nitrogens with one attached hydrogen (secondary N) is 1. The molecule has 6 heteroatoms. The lowest BCUT2D eigenvalue weighted by Gasteiger charge is -2.18. The van der Waals surface area contributed by atoms with Crippen LogP contribution in [-0.2, 0) is 10.0 Å². The fraction of sp³-hybridized carbons (Fsp3) is 0.538. The van der Waals surface area contributed by atoms with Crippen LogP contribution >= 0.6 is 31.9 Å². The highest BCUT2D eigenvalue weighted by molar-refractivity contribution is 9.11. The number of hydrogen-bond acceptors (Lipinski definition) is 2. The van der Waals surface area contributed by atoms with Crippen molar-refractivity contribution in [3.8, 4) is 0 Å². The van der Waals surface area contributed by atoms with Crippen LogP contribution in [0.5, 0.6) is 0 Å². The predicted octanol–water partition coefficient (Wildman–Crippen LogP) is 3.99. The Morgan fingerprint density at radius 3 is 2.47 bits per heavy atom. The zero-order chi connectivity index (χ0) is 14.2. The van der Waals surface area contributed by atoms with Crippen molar-refractivity contribution in [2.24, 2.45) is 5.92 Å². The molecule has 1 fully saturated rings. The van der Waals surface area contributed by atoms with Crippen molar-refractivity contribution in [3.05, 3.63) is 26.6 Å². The van der Waals surface area contributed by atoms with Crippen LogP contribution in [0, 0.1) is 12.8 Å². The maximum Gasteiger partial charge on any atom is 0.241 e. The first-order chi connectivity index (χ1) is 8.81. The number of halogens is 2. The third-order valence-corrected chi connectivity index (χ3v) is 6.97. The molecular weight excluding hydrogens is 394 g/mol. The summed E-state index contributed by atoms with van der Waals surface area (Å²) in [6, 6.07) is 3.52. The molecule has 0 amide bonds. The monoisotopic (exact) mass is 409 g/mol. The summed E-state index contributed by atoms with van der Waals surface area (Å²) in [5, 5.41) is 0. The fourth-order valence-corrected chi connectivity index (χ4v) is 5.47. The first-order valence-electron chi connectivity index (χ1n) is 6.29. The van der Waals surface area contributed by atoms with E-state index in [4.69, 9.17) is 0 Å². The Hall–Kier alpha value is 0.0900. The van der Waals surface area contributed by atoms with Crippen LogP contribution in [0.25, 0.3) is 0 Å². The van der Waals surface area contributed by atoms with E-state index in [1.807, 2.05) is 13.0 Å². The van der Waals surface area contributed by atoms with Gasteiger partial charge in [-0.05, 0) is 59.3 Å². The van der Waals surface area contributed by atoms with E-state index in [0.29, 0.717) is 15.3 Å². The van der Waals surface area contributed by atoms with Crippen molar-refractivity contribution in [2.75, 3.05) is 0 Å². The van der Waals surface area contributed by atoms with Crippen LogP contribution in [0.2, 0.25) is 0 Å². The molecule has 2 atom stereocenters. The molecule has 0 aliphatic heterocycles. The lowest BCUT2D eigenvalue weighted by molar-refractivity contribution is 0.476. The highest BCUT2D eigenvalue weighted by Crippen LogP contribution is 2.31. The Balaban J connectivity index is 2.32. The molecule has 0 radical (unpaired) electrons. The predicted molar refractivity (Wildman–Crippen MR) is 83.7 cm³/mol. The Labute approximate surface area is 131 Å². The van der Waals surface area contributed by atoms with Crippen LogP contribution in [0.1, 0.15) is 31.7 Å². The second-order valence-corrected chi connectivity index (χ2v) is 8.56. The number of sulfonamides is 1. The summed E-state index contributed by atoms with van der Waals surface area (Å²) >= 11 is 6.73. The smallest absolute Gasteiger partial charge is 0.208 e. The third-order valence-electron chi connectivity index (χ3n) is 3.67. The highest BCUT2D eigenvalue weighted by Gasteiger charge is 2.29. The number of hydrogen-bond donors (Lipinski definition) is 1. The molecule has 19 heavy (non-hydrogen) atoms. The number of benzene rings is 1. The van der Waals surface area contributed by atoms with Gasteiger partial charge in [-0.2, -0.15) is 0 Å². The summed E-state index contributed by atoms with van der Waals surface area (Å²) < 4.78 is 29.1. The standard InChI is InChI=1S/C13H17Br2NO2S/c1-8-4-3-5-12(8)16-19(17,18)13-7-10(14)9(2)6-11(13)15/h6-8,12,16H,3-5H2,1-2H3. The topological polar surface area (TPSA) is 46.2 Å². The quantitative estimate of drug-likeness (QED) is 0.818. The molecule has 1 aromatic rings. The second-order valence-electron chi connectivity index (χ2n) is 5.17. The molecule has 0 spiro atoms. The summed E-state index contributed by atoms with van der Waals surface area (Å²) in [7, 11) is -3.47. The van der Waals surface area contributed by atoms with Crippen molar-refractivity contribution in [1.82, 2.24) is 4.72 Å². The minimum Gasteiger partial charge on any atom is -0.208 e. The molecule has 0 saturated heterocycles. The minimum absolute atomic E-state index is 0.0528. The lowest BCUT2D eigenvalue weighted by Crippen LogP contribution is -2.36. The molecule has 2 unspecified atom stereocenters. The van der Waals surface area contributed by atoms with Gasteiger partial charge in [0.25, 0.3) is 0 Å². The van der Waals surface area contributed by atoms with Crippen molar-refractivity contribution < 1.29 is 8.42 Å². The van der Waals surface area contributed by atoms with Crippen molar-refractivity contribution in [3.63, 3.8) is 0 Å². The zero-order valence-electron chi connectivity index (χ0n) is 10.9. The van der Waals surface area contributed by atoms with Gasteiger partial charge in [-0.15, -0.1) is 0 Å². The third kappa shape index (κ3) is 3.40. The zero-order valence-corrected chi connectivity index (χ0v) is 14.9. The van der Waals surface area contributed by atoms with Gasteiger partial charge in [-0.25, -0.2) is 13.1 Å². The number of aryl methyl sites for hydroxylation is 1. The van der Waals surface area contributed by atoms with Gasteiger partial charge in [-0.3, -0.25) is 0 Å². The molecule has 1 aromatic carbocycles. The maximum absolute atomic E-state index is 12.5. The summed E-state index contributed by atoms with van der Waals surface area (Å²) in [6.45, 7) is 4.03. The summed E-state index contributed by atoms with van der Waals surface area (Å²) in [6.07, 6.45) is 3.10. The Morgan fingerprint density at radius 1 is 1.21 bits per heavy atom. The van der Waals surface area contributed by atoms with Gasteiger partial charge in [0, 0.05) is 15.0 Å². The maximum atomic E-state index is 12.5. The van der Waals surface area contributed by atoms with E-state index >= 15 is 0 Å². The second kappa shape index (κ2) is 5.84. The summed E-state index contributed by atoms with van der Waals surface area (Å²) in [5.74, 6) is 0.405. The molecule has 2 rings (SSSR count). The van der Waals surface area contributed by atoms with E-state index in [0.717, 1.165) is 29.3 Å². The van der Waals surface area contributed by atoms with E-state index in [-0.39, 0.29) is 6.04 Å². The average Bonchev–Trinajstić information content (AvgIpc) is 2.69. The number of rotatable bonds is 3. The summed E-state index contributed by atoms with van der Waals surface area (Å²) in [4.78, 5) is 0.295. The summed E-state index contributed by atoms with van der Waals surface area (Å²) in [5.41, 5.74) is 1.00. The van der Waals surface area contributed by atoms with Crippen molar-refractivity contribution >= 4 is 41.9 Å². The normalized spacial score (nSPS) is 23.8. The van der Waals surface area contributed by atoms with Crippen LogP contribution in [-0.4, -0.2) is 14.5 Å². The molecule has 1 N–H and O–H groups in total. The first kappa shape index (κ1) is 15.5. The Kier molecular flexibility index (Phi) is 4.75. The van der Waals surface area contributed by atoms with Gasteiger partial charge in [-0.1, -0.05) is 29.3 Å². The Bertz CT molecular complexity index is 587. The van der Waals surface area contributed by atoms with Crippen molar-refractivity contribution in [1.29, 1.82) is 0 Å². The van der Waals surface area contributed by atoms with E-state index in [2.05, 4.69) is 43.5 Å². The van der Waals surface area contributed by atoms with Gasteiger partial charge in [0.2, 0.25) is 10.0 Å². The molecule has 0 aromatic heterocycles. The molecule has 106 valence electrons. The molecule has 0 heterocycles. The van der Waals surface area contributed by atoms with Crippen molar-refractivity contribution in [2.45, 2.75) is 44.0 Å². The molecular formula is C13H17Br2NO2S. The van der Waals surface area contributed by atoms with E-state index in [1.54, 1.807) is 6.07 Å². The van der Waals surface area contributed by atoms with Crippen LogP contribution < -0.4 is 4.72 Å². The van der Waals surface area contributed by atoms with Crippen LogP contribution in [0.15, 0.2) is 26.0 Å². The molecule has 3 nitrogen and oxygen atoms in total. The lowest BCUT2D eigenvalue weighted by atomic mass is 10.1. The van der Waals surface area contributed by atoms with E-state index < -0.39 is 10.0 Å². The highest BCUT2D eigenvalue weighted by atomic mass is 79.9. The van der Waals surface area contributed by atoms with Gasteiger partial charge >= 0.3 is 0 Å². The first-order valence-corrected chi connectivity index (χ1v) is 9.36. The fourth-order valence-electron chi connectivity index (χ4n) is 2.42. The van der Waals surface area contributed by atoms with Gasteiger partial charge in [0.05, 0.1) is 4.90 Å². The molecule has 0 bridgehead atoms. The Morgan fingerprint density at radius 2 is 1.89 bits per heavy atom. The van der Waals surface area contributed by atoms with Gasteiger partial charge in [0.1, 0.15) is 0 Å². The molecule has 1 aliphatic rings. The molecule has 1 saturated carbocycles.